The third-order valence-corrected chi connectivity index (χ3v) is 2.64. The molecule has 2 heterocycles. The topological polar surface area (TPSA) is 153 Å². The molecule has 108 valence electrons. The minimum Gasteiger partial charge on any atom is -0.369 e. The predicted molar refractivity (Wildman–Crippen MR) is 71.6 cm³/mol. The van der Waals surface area contributed by atoms with Crippen LogP contribution in [0.15, 0.2) is 17.1 Å². The number of nitrogens with one attached hydrogen (secondary N) is 3. The largest absolute Gasteiger partial charge is 0.369 e. The summed E-state index contributed by atoms with van der Waals surface area (Å²) in [7, 11) is 0. The molecule has 3 N–H and O–H groups in total. The fraction of sp³-hybridized carbons (Fsp3) is 0.273. The first kappa shape index (κ1) is 14.2. The van der Waals surface area contributed by atoms with E-state index in [0.717, 1.165) is 6.20 Å². The number of aryl methyl sites for hydroxylation is 1. The van der Waals surface area contributed by atoms with E-state index in [2.05, 4.69) is 25.5 Å². The molecule has 0 atom stereocenters. The molecule has 2 aromatic rings. The lowest BCUT2D eigenvalue weighted by molar-refractivity contribution is -0.385. The van der Waals surface area contributed by atoms with E-state index in [-0.39, 0.29) is 16.9 Å². The summed E-state index contributed by atoms with van der Waals surface area (Å²) in [5, 5.41) is 28.5. The molecule has 0 amide bonds. The maximum Gasteiger partial charge on any atom is 0.340 e. The van der Waals surface area contributed by atoms with Gasteiger partial charge < -0.3 is 5.32 Å². The Balaban J connectivity index is 1.92. The molecule has 10 nitrogen and oxygen atoms in total. The lowest BCUT2D eigenvalue weighted by Crippen LogP contribution is -2.07. The van der Waals surface area contributed by atoms with Gasteiger partial charge in [0, 0.05) is 19.0 Å². The van der Waals surface area contributed by atoms with Crippen LogP contribution in [0, 0.1) is 21.4 Å². The average molecular weight is 289 g/mol. The van der Waals surface area contributed by atoms with Gasteiger partial charge in [0.05, 0.1) is 4.92 Å². The van der Waals surface area contributed by atoms with E-state index in [1.54, 1.807) is 0 Å². The van der Waals surface area contributed by atoms with Gasteiger partial charge in [-0.2, -0.15) is 10.4 Å². The molecule has 0 saturated carbocycles. The molecule has 0 saturated heterocycles. The quantitative estimate of drug-likeness (QED) is 0.393. The Morgan fingerprint density at radius 2 is 2.33 bits per heavy atom. The van der Waals surface area contributed by atoms with E-state index < -0.39 is 4.92 Å². The Morgan fingerprint density at radius 1 is 1.52 bits per heavy atom. The number of hydrogen-bond acceptors (Lipinski definition) is 7. The first-order valence-corrected chi connectivity index (χ1v) is 6.02. The highest BCUT2D eigenvalue weighted by Gasteiger charge is 2.11. The Morgan fingerprint density at radius 3 is 2.95 bits per heavy atom. The third-order valence-electron chi connectivity index (χ3n) is 2.64. The minimum absolute atomic E-state index is 0.109. The van der Waals surface area contributed by atoms with Crippen molar-refractivity contribution in [2.75, 3.05) is 11.9 Å². The summed E-state index contributed by atoms with van der Waals surface area (Å²) in [4.78, 5) is 27.2. The third kappa shape index (κ3) is 3.63. The van der Waals surface area contributed by atoms with Crippen molar-refractivity contribution in [1.82, 2.24) is 20.2 Å². The summed E-state index contributed by atoms with van der Waals surface area (Å²) in [6, 6.07) is 3.03. The Labute approximate surface area is 118 Å². The van der Waals surface area contributed by atoms with E-state index in [9.17, 15) is 14.9 Å². The molecule has 0 aromatic carbocycles. The molecule has 0 bridgehead atoms. The highest BCUT2D eigenvalue weighted by atomic mass is 16.6. The van der Waals surface area contributed by atoms with Crippen LogP contribution in [0.3, 0.4) is 0 Å². The molecule has 0 fully saturated rings. The Kier molecular flexibility index (Phi) is 4.25. The number of pyridine rings is 1. The van der Waals surface area contributed by atoms with Crippen molar-refractivity contribution < 1.29 is 4.92 Å². The number of nitro groups is 1. The van der Waals surface area contributed by atoms with Gasteiger partial charge in [0.2, 0.25) is 0 Å². The van der Waals surface area contributed by atoms with Gasteiger partial charge in [-0.1, -0.05) is 0 Å². The van der Waals surface area contributed by atoms with Crippen LogP contribution in [0.2, 0.25) is 0 Å². The van der Waals surface area contributed by atoms with Crippen LogP contribution in [0.1, 0.15) is 17.8 Å². The number of aromatic nitrogens is 4. The predicted octanol–water partition coefficient (Wildman–Crippen LogP) is 0.318. The summed E-state index contributed by atoms with van der Waals surface area (Å²) in [5.41, 5.74) is -0.481. The van der Waals surface area contributed by atoms with Crippen molar-refractivity contribution >= 4 is 11.5 Å². The van der Waals surface area contributed by atoms with E-state index in [1.165, 1.54) is 6.07 Å². The van der Waals surface area contributed by atoms with Gasteiger partial charge in [0.25, 0.3) is 5.69 Å². The van der Waals surface area contributed by atoms with Crippen LogP contribution < -0.4 is 11.0 Å². The molecule has 0 aliphatic heterocycles. The van der Waals surface area contributed by atoms with Crippen molar-refractivity contribution in [3.8, 4) is 6.07 Å². The highest BCUT2D eigenvalue weighted by molar-refractivity contribution is 5.55. The van der Waals surface area contributed by atoms with Gasteiger partial charge in [0.15, 0.2) is 0 Å². The van der Waals surface area contributed by atoms with Gasteiger partial charge in [-0.3, -0.25) is 15.1 Å². The summed E-state index contributed by atoms with van der Waals surface area (Å²) in [5.74, 6) is 0.831. The van der Waals surface area contributed by atoms with E-state index >= 15 is 0 Å². The molecule has 0 radical (unpaired) electrons. The van der Waals surface area contributed by atoms with Crippen LogP contribution in [0.25, 0.3) is 0 Å². The minimum atomic E-state index is -0.606. The van der Waals surface area contributed by atoms with Gasteiger partial charge in [0.1, 0.15) is 29.5 Å². The second-order valence-electron chi connectivity index (χ2n) is 4.11. The zero-order valence-corrected chi connectivity index (χ0v) is 10.8. The molecule has 0 spiro atoms. The number of nitriles is 1. The van der Waals surface area contributed by atoms with Gasteiger partial charge in [-0.25, -0.2) is 14.9 Å². The second kappa shape index (κ2) is 6.29. The molecular weight excluding hydrogens is 278 g/mol. The molecule has 0 aliphatic carbocycles. The zero-order valence-electron chi connectivity index (χ0n) is 10.8. The molecule has 0 unspecified atom stereocenters. The molecule has 2 aromatic heterocycles. The number of rotatable bonds is 6. The summed E-state index contributed by atoms with van der Waals surface area (Å²) < 4.78 is 0. The number of nitrogens with zero attached hydrogens (tertiary/aromatic N) is 4. The Bertz CT molecular complexity index is 743. The lowest BCUT2D eigenvalue weighted by Gasteiger charge is -2.06. The first-order valence-electron chi connectivity index (χ1n) is 6.02. The molecule has 21 heavy (non-hydrogen) atoms. The fourth-order valence-electron chi connectivity index (χ4n) is 1.67. The van der Waals surface area contributed by atoms with Crippen LogP contribution in [0.4, 0.5) is 11.5 Å². The molecule has 10 heteroatoms. The maximum absolute atomic E-state index is 10.8. The van der Waals surface area contributed by atoms with Gasteiger partial charge in [-0.15, -0.1) is 0 Å². The number of hydrogen-bond donors (Lipinski definition) is 3. The summed E-state index contributed by atoms with van der Waals surface area (Å²) in [6.45, 7) is 0.481. The maximum atomic E-state index is 10.8. The molecule has 0 aliphatic rings. The zero-order chi connectivity index (χ0) is 15.2. The van der Waals surface area contributed by atoms with E-state index in [1.807, 2.05) is 6.07 Å². The van der Waals surface area contributed by atoms with Crippen molar-refractivity contribution in [3.05, 3.63) is 44.2 Å². The normalized spacial score (nSPS) is 10.0. The van der Waals surface area contributed by atoms with Gasteiger partial charge in [-0.05, 0) is 6.42 Å². The Hall–Kier alpha value is -3.22. The molecular formula is C11H11N7O3. The second-order valence-corrected chi connectivity index (χ2v) is 4.11. The van der Waals surface area contributed by atoms with Crippen molar-refractivity contribution in [1.29, 1.82) is 5.26 Å². The highest BCUT2D eigenvalue weighted by Crippen LogP contribution is 2.18. The van der Waals surface area contributed by atoms with Crippen LogP contribution in [0.5, 0.6) is 0 Å². The smallest absolute Gasteiger partial charge is 0.340 e. The lowest BCUT2D eigenvalue weighted by atomic mass is 10.2. The number of H-pyrrole nitrogens is 2. The summed E-state index contributed by atoms with van der Waals surface area (Å²) in [6.07, 6.45) is 2.28. The van der Waals surface area contributed by atoms with Crippen LogP contribution in [-0.2, 0) is 6.42 Å². The number of anilines is 1. The average Bonchev–Trinajstić information content (AvgIpc) is 2.89. The fourth-order valence-corrected chi connectivity index (χ4v) is 1.67. The number of aromatic amines is 2. The van der Waals surface area contributed by atoms with Crippen molar-refractivity contribution in [3.63, 3.8) is 0 Å². The van der Waals surface area contributed by atoms with Crippen molar-refractivity contribution in [2.24, 2.45) is 0 Å². The molecule has 2 rings (SSSR count). The van der Waals surface area contributed by atoms with Crippen LogP contribution in [-0.4, -0.2) is 31.6 Å². The van der Waals surface area contributed by atoms with Gasteiger partial charge >= 0.3 is 5.69 Å². The van der Waals surface area contributed by atoms with E-state index in [0.29, 0.717) is 31.0 Å². The standard InChI is InChI=1S/C11H11N7O3/c12-5-7-4-8(18(20)21)6-14-10(7)13-3-1-2-9-15-11(19)17-16-9/h4,6H,1-3H2,(H,13,14)(H2,15,16,17,19). The SMILES string of the molecule is N#Cc1cc([N+](=O)[O-])cnc1NCCCc1n[nH]c(=O)[nH]1. The summed E-state index contributed by atoms with van der Waals surface area (Å²) >= 11 is 0. The van der Waals surface area contributed by atoms with Crippen LogP contribution >= 0.6 is 0 Å². The monoisotopic (exact) mass is 289 g/mol. The van der Waals surface area contributed by atoms with E-state index in [4.69, 9.17) is 5.26 Å². The first-order chi connectivity index (χ1) is 10.1. The van der Waals surface area contributed by atoms with Crippen molar-refractivity contribution in [2.45, 2.75) is 12.8 Å².